The molecule has 4 amide bonds. The Hall–Kier alpha value is -2.39. The van der Waals surface area contributed by atoms with Gasteiger partial charge in [0, 0.05) is 19.6 Å². The topological polar surface area (TPSA) is 104 Å². The predicted octanol–water partition coefficient (Wildman–Crippen LogP) is 1.97. The molecule has 9 heteroatoms. The summed E-state index contributed by atoms with van der Waals surface area (Å²) in [5, 5.41) is 5.79. The molecule has 1 aromatic rings. The number of furan rings is 1. The van der Waals surface area contributed by atoms with Gasteiger partial charge in [-0.15, -0.1) is 0 Å². The fourth-order valence-corrected chi connectivity index (χ4v) is 5.08. The van der Waals surface area contributed by atoms with Crippen LogP contribution in [0.15, 0.2) is 16.5 Å². The molecule has 0 bridgehead atoms. The number of nitrogens with one attached hydrogen (secondary N) is 2. The fourth-order valence-electron chi connectivity index (χ4n) is 5.08. The maximum Gasteiger partial charge on any atom is 0.325 e. The minimum Gasteiger partial charge on any atom is -0.465 e. The van der Waals surface area contributed by atoms with Gasteiger partial charge in [-0.2, -0.15) is 0 Å². The van der Waals surface area contributed by atoms with Crippen molar-refractivity contribution in [2.45, 2.75) is 57.5 Å². The Morgan fingerprint density at radius 3 is 2.59 bits per heavy atom. The van der Waals surface area contributed by atoms with E-state index in [1.807, 2.05) is 19.1 Å². The highest BCUT2D eigenvalue weighted by atomic mass is 16.5. The molecule has 1 atom stereocenters. The van der Waals surface area contributed by atoms with E-state index in [1.165, 1.54) is 0 Å². The Morgan fingerprint density at radius 2 is 1.97 bits per heavy atom. The van der Waals surface area contributed by atoms with Gasteiger partial charge in [0.25, 0.3) is 5.91 Å². The van der Waals surface area contributed by atoms with Crippen LogP contribution in [0.4, 0.5) is 4.79 Å². The summed E-state index contributed by atoms with van der Waals surface area (Å²) < 4.78 is 11.3. The van der Waals surface area contributed by atoms with Crippen molar-refractivity contribution in [1.29, 1.82) is 0 Å². The first kappa shape index (κ1) is 22.8. The number of ether oxygens (including phenoxy) is 1. The molecule has 3 aliphatic rings. The van der Waals surface area contributed by atoms with Gasteiger partial charge in [0.2, 0.25) is 5.91 Å². The molecule has 9 nitrogen and oxygen atoms in total. The third kappa shape index (κ3) is 4.68. The lowest BCUT2D eigenvalue weighted by Crippen LogP contribution is -2.50. The fraction of sp³-hybridized carbons (Fsp3) is 0.696. The zero-order chi connectivity index (χ0) is 22.7. The number of carbonyl (C=O) groups is 3. The van der Waals surface area contributed by atoms with E-state index >= 15 is 0 Å². The maximum absolute atomic E-state index is 13.1. The standard InChI is InChI=1S/C23H34N4O5/c1-3-17-6-8-23(9-7-17)21(29)27(22(30)25-23)15-20(28)24-14-18(19-5-4-16(2)32-19)26-10-12-31-13-11-26/h4-5,17-18H,3,6-15H2,1-2H3,(H,24,28)(H,25,30). The molecule has 1 saturated carbocycles. The number of hydrogen-bond donors (Lipinski definition) is 2. The van der Waals surface area contributed by atoms with Crippen molar-refractivity contribution >= 4 is 17.8 Å². The van der Waals surface area contributed by atoms with Gasteiger partial charge < -0.3 is 19.8 Å². The second-order valence-electron chi connectivity index (χ2n) is 9.17. The first-order valence-electron chi connectivity index (χ1n) is 11.7. The van der Waals surface area contributed by atoms with Crippen molar-refractivity contribution in [3.8, 4) is 0 Å². The van der Waals surface area contributed by atoms with Crippen LogP contribution >= 0.6 is 0 Å². The van der Waals surface area contributed by atoms with Crippen LogP contribution in [0.5, 0.6) is 0 Å². The zero-order valence-corrected chi connectivity index (χ0v) is 19.0. The van der Waals surface area contributed by atoms with Crippen LogP contribution in [0.3, 0.4) is 0 Å². The average Bonchev–Trinajstić information content (AvgIpc) is 3.32. The highest BCUT2D eigenvalue weighted by Crippen LogP contribution is 2.37. The predicted molar refractivity (Wildman–Crippen MR) is 117 cm³/mol. The monoisotopic (exact) mass is 446 g/mol. The normalized spacial score (nSPS) is 27.6. The van der Waals surface area contributed by atoms with Crippen molar-refractivity contribution in [1.82, 2.24) is 20.4 Å². The minimum absolute atomic E-state index is 0.129. The number of hydrogen-bond acceptors (Lipinski definition) is 6. The van der Waals surface area contributed by atoms with E-state index in [-0.39, 0.29) is 24.4 Å². The summed E-state index contributed by atoms with van der Waals surface area (Å²) in [5.74, 6) is 1.58. The Morgan fingerprint density at radius 1 is 1.25 bits per heavy atom. The second kappa shape index (κ2) is 9.62. The summed E-state index contributed by atoms with van der Waals surface area (Å²) in [4.78, 5) is 41.6. The van der Waals surface area contributed by atoms with Gasteiger partial charge in [0.05, 0.1) is 19.3 Å². The van der Waals surface area contributed by atoms with E-state index in [4.69, 9.17) is 9.15 Å². The van der Waals surface area contributed by atoms with Crippen molar-refractivity contribution in [2.75, 3.05) is 39.4 Å². The molecule has 1 aromatic heterocycles. The summed E-state index contributed by atoms with van der Waals surface area (Å²) in [6.45, 7) is 6.86. The molecule has 32 heavy (non-hydrogen) atoms. The summed E-state index contributed by atoms with van der Waals surface area (Å²) in [7, 11) is 0. The SMILES string of the molecule is CCC1CCC2(CC1)NC(=O)N(CC(=O)NCC(c1ccc(C)o1)N1CCOCC1)C2=O. The number of imide groups is 1. The number of nitrogens with zero attached hydrogens (tertiary/aromatic N) is 2. The van der Waals surface area contributed by atoms with Gasteiger partial charge in [-0.05, 0) is 50.7 Å². The average molecular weight is 447 g/mol. The van der Waals surface area contributed by atoms with Gasteiger partial charge in [-0.3, -0.25) is 19.4 Å². The lowest BCUT2D eigenvalue weighted by atomic mass is 9.75. The van der Waals surface area contributed by atoms with Gasteiger partial charge in [0.15, 0.2) is 0 Å². The molecule has 176 valence electrons. The highest BCUT2D eigenvalue weighted by molar-refractivity contribution is 6.09. The summed E-state index contributed by atoms with van der Waals surface area (Å²) in [5.41, 5.74) is -0.828. The van der Waals surface area contributed by atoms with E-state index in [0.29, 0.717) is 38.5 Å². The number of morpholine rings is 1. The van der Waals surface area contributed by atoms with Crippen LogP contribution in [-0.2, 0) is 14.3 Å². The summed E-state index contributed by atoms with van der Waals surface area (Å²) in [6.07, 6.45) is 4.22. The van der Waals surface area contributed by atoms with Crippen LogP contribution in [-0.4, -0.2) is 72.6 Å². The first-order chi connectivity index (χ1) is 15.4. The van der Waals surface area contributed by atoms with Crippen molar-refractivity contribution in [2.24, 2.45) is 5.92 Å². The number of amides is 4. The first-order valence-corrected chi connectivity index (χ1v) is 11.7. The van der Waals surface area contributed by atoms with E-state index < -0.39 is 11.6 Å². The maximum atomic E-state index is 13.1. The molecule has 2 N–H and O–H groups in total. The smallest absolute Gasteiger partial charge is 0.325 e. The molecule has 4 rings (SSSR count). The molecule has 1 aliphatic carbocycles. The number of urea groups is 1. The largest absolute Gasteiger partial charge is 0.465 e. The van der Waals surface area contributed by atoms with Gasteiger partial charge in [-0.25, -0.2) is 4.79 Å². The molecule has 2 aliphatic heterocycles. The lowest BCUT2D eigenvalue weighted by Gasteiger charge is -2.34. The summed E-state index contributed by atoms with van der Waals surface area (Å²) in [6, 6.07) is 3.24. The van der Waals surface area contributed by atoms with E-state index in [1.54, 1.807) is 0 Å². The van der Waals surface area contributed by atoms with E-state index in [9.17, 15) is 14.4 Å². The Kier molecular flexibility index (Phi) is 6.85. The third-order valence-corrected chi connectivity index (χ3v) is 7.15. The van der Waals surface area contributed by atoms with Crippen molar-refractivity contribution < 1.29 is 23.5 Å². The zero-order valence-electron chi connectivity index (χ0n) is 19.0. The van der Waals surface area contributed by atoms with E-state index in [0.717, 1.165) is 48.8 Å². The molecule has 3 heterocycles. The molecule has 3 fully saturated rings. The van der Waals surface area contributed by atoms with Crippen LogP contribution in [0, 0.1) is 12.8 Å². The number of rotatable bonds is 7. The lowest BCUT2D eigenvalue weighted by molar-refractivity contribution is -0.136. The number of carbonyl (C=O) groups excluding carboxylic acids is 3. The molecular weight excluding hydrogens is 412 g/mol. The molecule has 0 aromatic carbocycles. The van der Waals surface area contributed by atoms with Crippen LogP contribution in [0.1, 0.15) is 56.6 Å². The van der Waals surface area contributed by atoms with Gasteiger partial charge in [0.1, 0.15) is 23.6 Å². The molecule has 2 saturated heterocycles. The highest BCUT2D eigenvalue weighted by Gasteiger charge is 2.52. The van der Waals surface area contributed by atoms with Crippen molar-refractivity contribution in [3.63, 3.8) is 0 Å². The minimum atomic E-state index is -0.828. The molecule has 0 radical (unpaired) electrons. The van der Waals surface area contributed by atoms with Gasteiger partial charge in [-0.1, -0.05) is 13.3 Å². The van der Waals surface area contributed by atoms with Crippen LogP contribution in [0.2, 0.25) is 0 Å². The van der Waals surface area contributed by atoms with Crippen LogP contribution in [0.25, 0.3) is 0 Å². The molecule has 1 spiro atoms. The Balaban J connectivity index is 1.36. The second-order valence-corrected chi connectivity index (χ2v) is 9.17. The van der Waals surface area contributed by atoms with Crippen molar-refractivity contribution in [3.05, 3.63) is 23.7 Å². The van der Waals surface area contributed by atoms with Crippen LogP contribution < -0.4 is 10.6 Å². The summed E-state index contributed by atoms with van der Waals surface area (Å²) >= 11 is 0. The van der Waals surface area contributed by atoms with E-state index in [2.05, 4.69) is 22.5 Å². The third-order valence-electron chi connectivity index (χ3n) is 7.15. The number of aryl methyl sites for hydroxylation is 1. The molecule has 1 unspecified atom stereocenters. The Labute approximate surface area is 188 Å². The quantitative estimate of drug-likeness (QED) is 0.621. The Bertz CT molecular complexity index is 839. The van der Waals surface area contributed by atoms with Gasteiger partial charge >= 0.3 is 6.03 Å². The molecular formula is C23H34N4O5.